The number of hydroxylamine groups is 2. The van der Waals surface area contributed by atoms with Crippen LogP contribution in [-0.4, -0.2) is 72.8 Å². The molecule has 1 fully saturated rings. The van der Waals surface area contributed by atoms with E-state index in [1.807, 2.05) is 0 Å². The molecule has 1 saturated heterocycles. The number of imide groups is 1. The first-order valence-corrected chi connectivity index (χ1v) is 8.97. The fourth-order valence-corrected chi connectivity index (χ4v) is 2.56. The molecule has 152 valence electrons. The van der Waals surface area contributed by atoms with Crippen molar-refractivity contribution in [1.29, 1.82) is 0 Å². The maximum atomic E-state index is 12.3. The van der Waals surface area contributed by atoms with E-state index in [0.29, 0.717) is 18.0 Å². The highest BCUT2D eigenvalue weighted by molar-refractivity contribution is 6.01. The van der Waals surface area contributed by atoms with Gasteiger partial charge in [0.15, 0.2) is 0 Å². The Labute approximate surface area is 158 Å². The van der Waals surface area contributed by atoms with E-state index in [1.165, 1.54) is 6.92 Å². The van der Waals surface area contributed by atoms with Crippen LogP contribution in [0.15, 0.2) is 0 Å². The molecular formula is C17H28N4O6. The summed E-state index contributed by atoms with van der Waals surface area (Å²) < 4.78 is 0. The summed E-state index contributed by atoms with van der Waals surface area (Å²) in [6, 6.07) is -0.361. The summed E-state index contributed by atoms with van der Waals surface area (Å²) in [6.07, 6.45) is 2.06. The summed E-state index contributed by atoms with van der Waals surface area (Å²) in [5, 5.41) is 5.85. The van der Waals surface area contributed by atoms with Crippen molar-refractivity contribution in [2.24, 2.45) is 0 Å². The van der Waals surface area contributed by atoms with Crippen molar-refractivity contribution in [3.05, 3.63) is 0 Å². The average Bonchev–Trinajstić information content (AvgIpc) is 2.89. The van der Waals surface area contributed by atoms with E-state index in [9.17, 15) is 24.0 Å². The summed E-state index contributed by atoms with van der Waals surface area (Å²) in [6.45, 7) is 2.07. The molecule has 0 aromatic carbocycles. The quantitative estimate of drug-likeness (QED) is 0.208. The summed E-state index contributed by atoms with van der Waals surface area (Å²) >= 11 is 0. The van der Waals surface area contributed by atoms with E-state index < -0.39 is 17.8 Å². The minimum Gasteiger partial charge on any atom is -0.356 e. The minimum absolute atomic E-state index is 0.0370. The Kier molecular flexibility index (Phi) is 9.41. The number of carbonyl (C=O) groups is 5. The van der Waals surface area contributed by atoms with Crippen LogP contribution in [0.2, 0.25) is 0 Å². The molecule has 1 unspecified atom stereocenters. The summed E-state index contributed by atoms with van der Waals surface area (Å²) in [4.78, 5) is 64.1. The molecule has 0 bridgehead atoms. The summed E-state index contributed by atoms with van der Waals surface area (Å²) in [5.41, 5.74) is 0. The fourth-order valence-electron chi connectivity index (χ4n) is 2.56. The third-order valence-corrected chi connectivity index (χ3v) is 4.03. The van der Waals surface area contributed by atoms with Crippen molar-refractivity contribution >= 4 is 29.6 Å². The molecule has 0 spiro atoms. The van der Waals surface area contributed by atoms with Gasteiger partial charge in [-0.15, -0.1) is 5.06 Å². The normalized spacial score (nSPS) is 15.0. The lowest BCUT2D eigenvalue weighted by atomic mass is 10.1. The second kappa shape index (κ2) is 11.3. The molecule has 1 aliphatic heterocycles. The van der Waals surface area contributed by atoms with Crippen LogP contribution in [0.3, 0.4) is 0 Å². The Morgan fingerprint density at radius 2 is 1.70 bits per heavy atom. The van der Waals surface area contributed by atoms with E-state index in [1.54, 1.807) is 19.0 Å². The zero-order chi connectivity index (χ0) is 20.4. The van der Waals surface area contributed by atoms with Crippen molar-refractivity contribution < 1.29 is 28.8 Å². The summed E-state index contributed by atoms with van der Waals surface area (Å²) in [7, 11) is 3.58. The zero-order valence-corrected chi connectivity index (χ0v) is 16.1. The predicted octanol–water partition coefficient (Wildman–Crippen LogP) is -0.663. The van der Waals surface area contributed by atoms with Gasteiger partial charge in [-0.3, -0.25) is 24.1 Å². The highest BCUT2D eigenvalue weighted by atomic mass is 16.7. The van der Waals surface area contributed by atoms with Crippen LogP contribution in [0.1, 0.15) is 45.4 Å². The van der Waals surface area contributed by atoms with Gasteiger partial charge in [-0.2, -0.15) is 0 Å². The van der Waals surface area contributed by atoms with Crippen molar-refractivity contribution in [3.63, 3.8) is 0 Å². The first-order valence-electron chi connectivity index (χ1n) is 8.97. The van der Waals surface area contributed by atoms with Crippen molar-refractivity contribution in [3.8, 4) is 0 Å². The largest absolute Gasteiger partial charge is 0.356 e. The summed E-state index contributed by atoms with van der Waals surface area (Å²) in [5.74, 6) is -2.13. The standard InChI is InChI=1S/C17H28N4O6/c1-12(22)18-10-5-4-6-13(20(2)3)17(26)19-11-9-16(25)27-21-14(23)7-8-15(21)24/h13H,4-11H2,1-3H3,(H,18,22)(H,19,26)/i2+1,3+1,11+1,18+1. The van der Waals surface area contributed by atoms with Crippen molar-refractivity contribution in [2.75, 3.05) is 27.2 Å². The maximum absolute atomic E-state index is 12.3. The van der Waals surface area contributed by atoms with Crippen LogP contribution in [-0.2, 0) is 28.8 Å². The number of unbranched alkanes of at least 4 members (excludes halogenated alkanes) is 1. The van der Waals surface area contributed by atoms with Gasteiger partial charge < -0.3 is 15.5 Å². The van der Waals surface area contributed by atoms with Gasteiger partial charge in [0.05, 0.1) is 12.5 Å². The van der Waals surface area contributed by atoms with Crippen LogP contribution in [0.25, 0.3) is 0 Å². The van der Waals surface area contributed by atoms with Gasteiger partial charge in [-0.1, -0.05) is 0 Å². The van der Waals surface area contributed by atoms with Crippen molar-refractivity contribution in [1.82, 2.24) is 20.6 Å². The Hall–Kier alpha value is -2.49. The highest BCUT2D eigenvalue weighted by Crippen LogP contribution is 2.12. The van der Waals surface area contributed by atoms with Gasteiger partial charge in [0, 0.05) is 32.9 Å². The fraction of sp³-hybridized carbons (Fsp3) is 0.706. The Morgan fingerprint density at radius 1 is 1.07 bits per heavy atom. The van der Waals surface area contributed by atoms with E-state index in [2.05, 4.69) is 10.6 Å². The molecule has 1 aliphatic rings. The van der Waals surface area contributed by atoms with E-state index in [0.717, 1.165) is 12.8 Å². The second-order valence-electron chi connectivity index (χ2n) is 6.54. The SMILES string of the molecule is CC(=O)[15NH]CCCCC(C(=O)N[13CH2]CC(=O)ON1C(=O)CCC1=O)N([13CH3])[13CH3]. The van der Waals surface area contributed by atoms with Gasteiger partial charge in [0.25, 0.3) is 11.8 Å². The van der Waals surface area contributed by atoms with Crippen LogP contribution < -0.4 is 10.6 Å². The molecule has 0 aromatic rings. The molecule has 27 heavy (non-hydrogen) atoms. The van der Waals surface area contributed by atoms with E-state index in [4.69, 9.17) is 4.84 Å². The van der Waals surface area contributed by atoms with Gasteiger partial charge in [-0.25, -0.2) is 4.79 Å². The lowest BCUT2D eigenvalue weighted by Gasteiger charge is -2.23. The monoisotopic (exact) mass is 388 g/mol. The molecule has 0 saturated carbocycles. The zero-order valence-electron chi connectivity index (χ0n) is 16.1. The molecule has 1 atom stereocenters. The van der Waals surface area contributed by atoms with Crippen LogP contribution >= 0.6 is 0 Å². The minimum atomic E-state index is -0.754. The lowest BCUT2D eigenvalue weighted by Crippen LogP contribution is -2.44. The second-order valence-corrected chi connectivity index (χ2v) is 6.54. The third-order valence-electron chi connectivity index (χ3n) is 4.03. The topological polar surface area (TPSA) is 125 Å². The molecule has 0 radical (unpaired) electrons. The Bertz CT molecular complexity index is 562. The number of nitrogens with one attached hydrogen (secondary N) is 2. The number of hydrogen-bond donors (Lipinski definition) is 2. The van der Waals surface area contributed by atoms with E-state index >= 15 is 0 Å². The molecule has 1 rings (SSSR count). The van der Waals surface area contributed by atoms with Crippen LogP contribution in [0.5, 0.6) is 0 Å². The Balaban J connectivity index is 2.30. The molecule has 10 heteroatoms. The lowest BCUT2D eigenvalue weighted by molar-refractivity contribution is -0.197. The molecular weight excluding hydrogens is 360 g/mol. The molecule has 2 N–H and O–H groups in total. The first-order chi connectivity index (χ1) is 12.7. The van der Waals surface area contributed by atoms with Gasteiger partial charge in [-0.05, 0) is 33.4 Å². The number of carbonyl (C=O) groups excluding carboxylic acids is 5. The number of likely N-dealkylation sites (N-methyl/N-ethyl adjacent to an activating group) is 1. The average molecular weight is 388 g/mol. The molecule has 0 aromatic heterocycles. The molecule has 1 heterocycles. The Morgan fingerprint density at radius 3 is 2.26 bits per heavy atom. The maximum Gasteiger partial charge on any atom is 0.334 e. The number of nitrogens with zero attached hydrogens (tertiary/aromatic N) is 2. The molecule has 10 nitrogen and oxygen atoms in total. The molecule has 4 amide bonds. The first kappa shape index (κ1) is 22.6. The van der Waals surface area contributed by atoms with Crippen LogP contribution in [0.4, 0.5) is 0 Å². The predicted molar refractivity (Wildman–Crippen MR) is 94.8 cm³/mol. The smallest absolute Gasteiger partial charge is 0.334 e. The van der Waals surface area contributed by atoms with Gasteiger partial charge in [0.2, 0.25) is 11.8 Å². The number of rotatable bonds is 11. The van der Waals surface area contributed by atoms with Gasteiger partial charge >= 0.3 is 5.97 Å². The van der Waals surface area contributed by atoms with E-state index in [-0.39, 0.29) is 43.7 Å². The third kappa shape index (κ3) is 8.16. The number of hydrogen-bond acceptors (Lipinski definition) is 7. The van der Waals surface area contributed by atoms with Crippen molar-refractivity contribution in [2.45, 2.75) is 51.5 Å². The van der Waals surface area contributed by atoms with Crippen LogP contribution in [0, 0.1) is 0 Å². The van der Waals surface area contributed by atoms with Gasteiger partial charge in [0.1, 0.15) is 0 Å². The number of amides is 4. The molecule has 0 aliphatic carbocycles. The highest BCUT2D eigenvalue weighted by Gasteiger charge is 2.32.